The van der Waals surface area contributed by atoms with E-state index in [9.17, 15) is 4.79 Å². The molecule has 0 spiro atoms. The quantitative estimate of drug-likeness (QED) is 0.0932. The topological polar surface area (TPSA) is 67.1 Å². The van der Waals surface area contributed by atoms with Crippen LogP contribution in [0.25, 0.3) is 22.1 Å². The molecule has 0 aliphatic heterocycles. The zero-order valence-corrected chi connectivity index (χ0v) is 24.6. The normalized spacial score (nSPS) is 11.8. The Kier molecular flexibility index (Phi) is 12.5. The Morgan fingerprint density at radius 3 is 2.08 bits per heavy atom. The second kappa shape index (κ2) is 15.8. The third-order valence-corrected chi connectivity index (χ3v) is 9.79. The highest BCUT2D eigenvalue weighted by atomic mass is 28.4. The molecule has 38 heavy (non-hydrogen) atoms. The zero-order chi connectivity index (χ0) is 27.2. The Morgan fingerprint density at radius 1 is 0.737 bits per heavy atom. The molecule has 0 unspecified atom stereocenters. The van der Waals surface area contributed by atoms with Crippen molar-refractivity contribution < 1.29 is 22.4 Å². The first-order valence-electron chi connectivity index (χ1n) is 14.3. The molecule has 0 N–H and O–H groups in total. The fourth-order valence-electron chi connectivity index (χ4n) is 4.80. The Labute approximate surface area is 228 Å². The summed E-state index contributed by atoms with van der Waals surface area (Å²) < 4.78 is 29.4. The smallest absolute Gasteiger partial charge is 0.493 e. The predicted octanol–water partition coefficient (Wildman–Crippen LogP) is 7.79. The minimum atomic E-state index is -2.51. The lowest BCUT2D eigenvalue weighted by Gasteiger charge is -2.28. The molecule has 0 saturated heterocycles. The second-order valence-electron chi connectivity index (χ2n) is 9.36. The van der Waals surface area contributed by atoms with E-state index in [1.54, 1.807) is 0 Å². The number of ether oxygens (including phenoxy) is 1. The maximum atomic E-state index is 12.7. The molecule has 6 nitrogen and oxygen atoms in total. The molecule has 0 atom stereocenters. The maximum Gasteiger partial charge on any atom is 0.500 e. The van der Waals surface area contributed by atoms with Gasteiger partial charge in [-0.1, -0.05) is 56.9 Å². The molecule has 1 heterocycles. The highest BCUT2D eigenvalue weighted by Gasteiger charge is 2.39. The number of rotatable bonds is 18. The maximum absolute atomic E-state index is 12.7. The summed E-state index contributed by atoms with van der Waals surface area (Å²) in [5, 5.41) is 0.892. The Bertz CT molecular complexity index is 1160. The van der Waals surface area contributed by atoms with Gasteiger partial charge < -0.3 is 22.4 Å². The van der Waals surface area contributed by atoms with Gasteiger partial charge in [0.25, 0.3) is 0 Å². The molecule has 0 aliphatic carbocycles. The molecule has 1 aromatic heterocycles. The van der Waals surface area contributed by atoms with Crippen LogP contribution in [0.5, 0.6) is 5.75 Å². The van der Waals surface area contributed by atoms with Crippen LogP contribution in [0.3, 0.4) is 0 Å². The summed E-state index contributed by atoms with van der Waals surface area (Å²) >= 11 is 0. The minimum absolute atomic E-state index is 0.320. The second-order valence-corrected chi connectivity index (χ2v) is 12.1. The van der Waals surface area contributed by atoms with Crippen molar-refractivity contribution in [2.45, 2.75) is 78.7 Å². The van der Waals surface area contributed by atoms with E-state index in [1.807, 2.05) is 63.2 Å². The Morgan fingerprint density at radius 2 is 1.39 bits per heavy atom. The summed E-state index contributed by atoms with van der Waals surface area (Å²) in [6, 6.07) is 16.5. The highest BCUT2D eigenvalue weighted by molar-refractivity contribution is 6.60. The number of fused-ring (bicyclic) bond motifs is 1. The molecule has 0 aliphatic rings. The summed E-state index contributed by atoms with van der Waals surface area (Å²) in [6.45, 7) is 10.6. The van der Waals surface area contributed by atoms with Gasteiger partial charge in [0.2, 0.25) is 0 Å². The van der Waals surface area contributed by atoms with E-state index in [4.69, 9.17) is 22.4 Å². The summed E-state index contributed by atoms with van der Waals surface area (Å²) in [5.74, 6) is 0.728. The third-order valence-electron chi connectivity index (χ3n) is 6.63. The molecule has 0 fully saturated rings. The molecule has 208 valence electrons. The standard InChI is InChI=1S/C31H44O6Si/c1-5-25-17-13-14-18-28(25)29-23-26-19-20-27(24-30(26)37-31(29)32)33-21-15-11-9-10-12-16-22-38(34-6-2,35-7-3)36-8-4/h13-14,17-20,23-24H,5-12,15-16,21-22H2,1-4H3. The molecule has 0 bridgehead atoms. The minimum Gasteiger partial charge on any atom is -0.493 e. The van der Waals surface area contributed by atoms with Crippen LogP contribution in [0.1, 0.15) is 71.8 Å². The fourth-order valence-corrected chi connectivity index (χ4v) is 7.49. The van der Waals surface area contributed by atoms with Gasteiger partial charge in [0.1, 0.15) is 11.3 Å². The van der Waals surface area contributed by atoms with Crippen LogP contribution in [0.2, 0.25) is 6.04 Å². The van der Waals surface area contributed by atoms with Crippen molar-refractivity contribution in [3.63, 3.8) is 0 Å². The van der Waals surface area contributed by atoms with Crippen molar-refractivity contribution in [3.05, 3.63) is 64.5 Å². The van der Waals surface area contributed by atoms with Crippen molar-refractivity contribution in [1.82, 2.24) is 0 Å². The van der Waals surface area contributed by atoms with Crippen molar-refractivity contribution in [1.29, 1.82) is 0 Å². The molecular weight excluding hydrogens is 496 g/mol. The molecule has 7 heteroatoms. The number of hydrogen-bond acceptors (Lipinski definition) is 6. The van der Waals surface area contributed by atoms with E-state index in [-0.39, 0.29) is 5.63 Å². The van der Waals surface area contributed by atoms with Crippen LogP contribution in [0.4, 0.5) is 0 Å². The van der Waals surface area contributed by atoms with Crippen LogP contribution >= 0.6 is 0 Å². The van der Waals surface area contributed by atoms with Gasteiger partial charge in [0.15, 0.2) is 0 Å². The van der Waals surface area contributed by atoms with Gasteiger partial charge >= 0.3 is 14.4 Å². The first-order chi connectivity index (χ1) is 18.6. The van der Waals surface area contributed by atoms with Crippen molar-refractivity contribution in [2.75, 3.05) is 26.4 Å². The number of benzene rings is 2. The molecule has 3 rings (SSSR count). The van der Waals surface area contributed by atoms with E-state index in [2.05, 4.69) is 13.0 Å². The first-order valence-corrected chi connectivity index (χ1v) is 16.2. The van der Waals surface area contributed by atoms with Gasteiger partial charge in [-0.25, -0.2) is 4.79 Å². The summed E-state index contributed by atoms with van der Waals surface area (Å²) in [4.78, 5) is 12.7. The first kappa shape index (κ1) is 30.1. The van der Waals surface area contributed by atoms with Crippen molar-refractivity contribution in [2.24, 2.45) is 0 Å². The predicted molar refractivity (Wildman–Crippen MR) is 156 cm³/mol. The van der Waals surface area contributed by atoms with E-state index in [0.29, 0.717) is 37.6 Å². The lowest BCUT2D eigenvalue weighted by Crippen LogP contribution is -2.45. The Hall–Kier alpha value is -2.45. The fraction of sp³-hybridized carbons (Fsp3) is 0.516. The summed E-state index contributed by atoms with van der Waals surface area (Å²) in [5.41, 5.74) is 2.90. The number of hydrogen-bond donors (Lipinski definition) is 0. The zero-order valence-electron chi connectivity index (χ0n) is 23.6. The van der Waals surface area contributed by atoms with E-state index in [0.717, 1.165) is 60.4 Å². The highest BCUT2D eigenvalue weighted by Crippen LogP contribution is 2.27. The van der Waals surface area contributed by atoms with Gasteiger partial charge in [-0.15, -0.1) is 0 Å². The lowest BCUT2D eigenvalue weighted by molar-refractivity contribution is 0.0706. The van der Waals surface area contributed by atoms with Crippen LogP contribution < -0.4 is 10.4 Å². The van der Waals surface area contributed by atoms with Crippen molar-refractivity contribution in [3.8, 4) is 16.9 Å². The number of aryl methyl sites for hydroxylation is 1. The van der Waals surface area contributed by atoms with E-state index < -0.39 is 8.80 Å². The monoisotopic (exact) mass is 540 g/mol. The lowest BCUT2D eigenvalue weighted by atomic mass is 9.99. The van der Waals surface area contributed by atoms with Gasteiger partial charge in [-0.3, -0.25) is 0 Å². The molecule has 0 amide bonds. The Balaban J connectivity index is 1.42. The average Bonchev–Trinajstić information content (AvgIpc) is 2.92. The molecule has 2 aromatic carbocycles. The summed E-state index contributed by atoms with van der Waals surface area (Å²) in [7, 11) is -2.51. The van der Waals surface area contributed by atoms with Crippen LogP contribution in [0.15, 0.2) is 57.7 Å². The van der Waals surface area contributed by atoms with Crippen molar-refractivity contribution >= 4 is 19.8 Å². The van der Waals surface area contributed by atoms with Gasteiger partial charge in [0, 0.05) is 37.3 Å². The van der Waals surface area contributed by atoms with Crippen LogP contribution in [0, 0.1) is 0 Å². The third kappa shape index (κ3) is 8.53. The molecular formula is C31H44O6Si. The average molecular weight is 541 g/mol. The van der Waals surface area contributed by atoms with Gasteiger partial charge in [-0.2, -0.15) is 0 Å². The van der Waals surface area contributed by atoms with Gasteiger partial charge in [0.05, 0.1) is 12.2 Å². The molecule has 0 radical (unpaired) electrons. The van der Waals surface area contributed by atoms with Gasteiger partial charge in [-0.05, 0) is 69.4 Å². The SMILES string of the molecule is CCO[Si](CCCCCCCCOc1ccc2cc(-c3ccccc3CC)c(=O)oc2c1)(OCC)OCC. The van der Waals surface area contributed by atoms with Crippen LogP contribution in [-0.2, 0) is 19.7 Å². The molecule has 3 aromatic rings. The summed E-state index contributed by atoms with van der Waals surface area (Å²) in [6.07, 6.45) is 7.54. The largest absolute Gasteiger partial charge is 0.500 e. The molecule has 0 saturated carbocycles. The van der Waals surface area contributed by atoms with Crippen LogP contribution in [-0.4, -0.2) is 35.2 Å². The van der Waals surface area contributed by atoms with E-state index in [1.165, 1.54) is 12.8 Å². The van der Waals surface area contributed by atoms with E-state index >= 15 is 0 Å². The number of unbranched alkanes of at least 4 members (excludes halogenated alkanes) is 5.